The summed E-state index contributed by atoms with van der Waals surface area (Å²) in [7, 11) is 0. The van der Waals surface area contributed by atoms with Gasteiger partial charge in [0, 0.05) is 5.02 Å². The molecule has 0 saturated carbocycles. The van der Waals surface area contributed by atoms with Crippen molar-refractivity contribution < 1.29 is 9.90 Å². The number of halogens is 1. The van der Waals surface area contributed by atoms with Crippen molar-refractivity contribution in [1.82, 2.24) is 10.2 Å². The number of benzene rings is 1. The Labute approximate surface area is 107 Å². The molecule has 0 aliphatic rings. The van der Waals surface area contributed by atoms with E-state index >= 15 is 0 Å². The molecule has 0 radical (unpaired) electrons. The van der Waals surface area contributed by atoms with Gasteiger partial charge in [-0.3, -0.25) is 9.89 Å². The number of hydrogen-bond donors (Lipinski definition) is 3. The van der Waals surface area contributed by atoms with E-state index in [0.717, 1.165) is 0 Å². The lowest BCUT2D eigenvalue weighted by Gasteiger charge is -2.05. The second-order valence-corrected chi connectivity index (χ2v) is 3.82. The number of carbonyl (C=O) groups excluding carboxylic acids is 1. The fraction of sp³-hybridized carbons (Fsp3) is 0. The Kier molecular flexibility index (Phi) is 3.17. The van der Waals surface area contributed by atoms with Gasteiger partial charge in [0.2, 0.25) is 0 Å². The van der Waals surface area contributed by atoms with Crippen molar-refractivity contribution in [2.45, 2.75) is 0 Å². The predicted molar refractivity (Wildman–Crippen MR) is 64.4 cm³/mol. The second kappa shape index (κ2) is 4.77. The standard InChI is InChI=1S/C11H7ClN4O2/c12-7-1-2-9(17)8(3-7)11(18)15-10-6(4-13)5-14-16-10/h1-3,5,17H,(H2,14,15,16,18). The van der Waals surface area contributed by atoms with E-state index in [0.29, 0.717) is 5.02 Å². The third-order valence-electron chi connectivity index (χ3n) is 2.20. The molecule has 0 bridgehead atoms. The molecule has 2 rings (SSSR count). The Balaban J connectivity index is 2.28. The number of carbonyl (C=O) groups is 1. The fourth-order valence-corrected chi connectivity index (χ4v) is 1.51. The van der Waals surface area contributed by atoms with E-state index < -0.39 is 5.91 Å². The summed E-state index contributed by atoms with van der Waals surface area (Å²) in [6, 6.07) is 5.97. The van der Waals surface area contributed by atoms with Gasteiger partial charge in [-0.15, -0.1) is 0 Å². The maximum atomic E-state index is 11.9. The van der Waals surface area contributed by atoms with Crippen LogP contribution in [0.3, 0.4) is 0 Å². The Morgan fingerprint density at radius 2 is 2.33 bits per heavy atom. The van der Waals surface area contributed by atoms with Crippen LogP contribution in [0.15, 0.2) is 24.4 Å². The van der Waals surface area contributed by atoms with Gasteiger partial charge >= 0.3 is 0 Å². The van der Waals surface area contributed by atoms with Gasteiger partial charge in [-0.2, -0.15) is 10.4 Å². The number of nitriles is 1. The topological polar surface area (TPSA) is 102 Å². The molecule has 0 spiro atoms. The molecular weight excluding hydrogens is 256 g/mol. The molecular formula is C11H7ClN4O2. The summed E-state index contributed by atoms with van der Waals surface area (Å²) >= 11 is 5.74. The highest BCUT2D eigenvalue weighted by Gasteiger charge is 2.14. The molecule has 0 atom stereocenters. The van der Waals surface area contributed by atoms with Gasteiger partial charge in [-0.25, -0.2) is 0 Å². The lowest BCUT2D eigenvalue weighted by molar-refractivity contribution is 0.102. The molecule has 7 heteroatoms. The number of aromatic amines is 1. The maximum absolute atomic E-state index is 11.9. The highest BCUT2D eigenvalue weighted by Crippen LogP contribution is 2.22. The van der Waals surface area contributed by atoms with Crippen molar-refractivity contribution in [2.75, 3.05) is 5.32 Å². The lowest BCUT2D eigenvalue weighted by Crippen LogP contribution is -2.13. The smallest absolute Gasteiger partial charge is 0.260 e. The highest BCUT2D eigenvalue weighted by atomic mass is 35.5. The number of aromatic hydroxyl groups is 1. The molecule has 90 valence electrons. The minimum atomic E-state index is -0.587. The van der Waals surface area contributed by atoms with Crippen molar-refractivity contribution >= 4 is 23.3 Å². The molecule has 0 fully saturated rings. The van der Waals surface area contributed by atoms with Crippen molar-refractivity contribution in [3.63, 3.8) is 0 Å². The van der Waals surface area contributed by atoms with Gasteiger partial charge in [0.25, 0.3) is 5.91 Å². The molecule has 1 aromatic carbocycles. The van der Waals surface area contributed by atoms with E-state index in [2.05, 4.69) is 15.5 Å². The van der Waals surface area contributed by atoms with E-state index in [-0.39, 0.29) is 22.7 Å². The number of anilines is 1. The molecule has 1 heterocycles. The van der Waals surface area contributed by atoms with Crippen molar-refractivity contribution in [2.24, 2.45) is 0 Å². The summed E-state index contributed by atoms with van der Waals surface area (Å²) < 4.78 is 0. The number of nitrogens with zero attached hydrogens (tertiary/aromatic N) is 2. The molecule has 2 aromatic rings. The first-order valence-electron chi connectivity index (χ1n) is 4.85. The van der Waals surface area contributed by atoms with Gasteiger partial charge in [-0.1, -0.05) is 11.6 Å². The van der Waals surface area contributed by atoms with Crippen LogP contribution in [0.5, 0.6) is 5.75 Å². The first-order valence-corrected chi connectivity index (χ1v) is 5.23. The van der Waals surface area contributed by atoms with Gasteiger partial charge in [0.05, 0.1) is 11.8 Å². The minimum Gasteiger partial charge on any atom is -0.507 e. The Morgan fingerprint density at radius 1 is 1.56 bits per heavy atom. The summed E-state index contributed by atoms with van der Waals surface area (Å²) in [5.41, 5.74) is 0.214. The van der Waals surface area contributed by atoms with Gasteiger partial charge in [0.15, 0.2) is 0 Å². The number of phenolic OH excluding ortho intramolecular Hbond substituents is 1. The highest BCUT2D eigenvalue weighted by molar-refractivity contribution is 6.31. The molecule has 0 aliphatic heterocycles. The molecule has 18 heavy (non-hydrogen) atoms. The van der Waals surface area contributed by atoms with Gasteiger partial charge in [-0.05, 0) is 18.2 Å². The fourth-order valence-electron chi connectivity index (χ4n) is 1.34. The van der Waals surface area contributed by atoms with Crippen LogP contribution in [-0.2, 0) is 0 Å². The zero-order valence-electron chi connectivity index (χ0n) is 8.94. The van der Waals surface area contributed by atoms with Crippen LogP contribution in [-0.4, -0.2) is 21.2 Å². The minimum absolute atomic E-state index is 0.0148. The Morgan fingerprint density at radius 3 is 3.06 bits per heavy atom. The summed E-state index contributed by atoms with van der Waals surface area (Å²) in [6.07, 6.45) is 1.29. The SMILES string of the molecule is N#Cc1cn[nH]c1NC(=O)c1cc(Cl)ccc1O. The lowest BCUT2D eigenvalue weighted by atomic mass is 10.2. The van der Waals surface area contributed by atoms with Crippen LogP contribution in [0, 0.1) is 11.3 Å². The third kappa shape index (κ3) is 2.26. The largest absolute Gasteiger partial charge is 0.507 e. The van der Waals surface area contributed by atoms with Crippen LogP contribution >= 0.6 is 11.6 Å². The molecule has 1 amide bonds. The predicted octanol–water partition coefficient (Wildman–Crippen LogP) is 1.89. The Bertz CT molecular complexity index is 645. The summed E-state index contributed by atoms with van der Waals surface area (Å²) in [5, 5.41) is 27.2. The van der Waals surface area contributed by atoms with Gasteiger partial charge < -0.3 is 10.4 Å². The quantitative estimate of drug-likeness (QED) is 0.769. The number of phenols is 1. The Hall–Kier alpha value is -2.52. The van der Waals surface area contributed by atoms with Crippen LogP contribution in [0.2, 0.25) is 5.02 Å². The number of hydrogen-bond acceptors (Lipinski definition) is 4. The number of H-pyrrole nitrogens is 1. The van der Waals surface area contributed by atoms with Gasteiger partial charge in [0.1, 0.15) is 23.2 Å². The zero-order valence-corrected chi connectivity index (χ0v) is 9.69. The molecule has 1 aromatic heterocycles. The van der Waals surface area contributed by atoms with E-state index in [1.165, 1.54) is 24.4 Å². The average Bonchev–Trinajstić information content (AvgIpc) is 2.79. The average molecular weight is 263 g/mol. The van der Waals surface area contributed by atoms with Crippen LogP contribution in [0.4, 0.5) is 5.82 Å². The van der Waals surface area contributed by atoms with Crippen molar-refractivity contribution in [3.05, 3.63) is 40.5 Å². The third-order valence-corrected chi connectivity index (χ3v) is 2.44. The van der Waals surface area contributed by atoms with E-state index in [1.807, 2.05) is 6.07 Å². The van der Waals surface area contributed by atoms with E-state index in [1.54, 1.807) is 0 Å². The summed E-state index contributed by atoms with van der Waals surface area (Å²) in [6.45, 7) is 0. The molecule has 3 N–H and O–H groups in total. The molecule has 0 saturated heterocycles. The normalized spacial score (nSPS) is 9.78. The zero-order chi connectivity index (χ0) is 13.1. The maximum Gasteiger partial charge on any atom is 0.260 e. The summed E-state index contributed by atoms with van der Waals surface area (Å²) in [5.74, 6) is -0.618. The van der Waals surface area contributed by atoms with Crippen LogP contribution in [0.25, 0.3) is 0 Å². The van der Waals surface area contributed by atoms with Crippen LogP contribution in [0.1, 0.15) is 15.9 Å². The second-order valence-electron chi connectivity index (χ2n) is 3.39. The molecule has 0 unspecified atom stereocenters. The molecule has 6 nitrogen and oxygen atoms in total. The van der Waals surface area contributed by atoms with E-state index in [4.69, 9.17) is 16.9 Å². The number of aromatic nitrogens is 2. The van der Waals surface area contributed by atoms with Crippen molar-refractivity contribution in [3.8, 4) is 11.8 Å². The summed E-state index contributed by atoms with van der Waals surface area (Å²) in [4.78, 5) is 11.9. The number of rotatable bonds is 2. The van der Waals surface area contributed by atoms with E-state index in [9.17, 15) is 9.90 Å². The number of amides is 1. The monoisotopic (exact) mass is 262 g/mol. The number of nitrogens with one attached hydrogen (secondary N) is 2. The molecule has 0 aliphatic carbocycles. The first kappa shape index (κ1) is 12.0. The van der Waals surface area contributed by atoms with Crippen LogP contribution < -0.4 is 5.32 Å². The van der Waals surface area contributed by atoms with Crippen molar-refractivity contribution in [1.29, 1.82) is 5.26 Å². The first-order chi connectivity index (χ1) is 8.61.